The average Bonchev–Trinajstić information content (AvgIpc) is 2.65. The van der Waals surface area contributed by atoms with Crippen LogP contribution in [0.5, 0.6) is 5.75 Å². The smallest absolute Gasteiger partial charge is 0.222 e. The average molecular weight is 369 g/mol. The quantitative estimate of drug-likeness (QED) is 0.231. The van der Waals surface area contributed by atoms with Gasteiger partial charge < -0.3 is 15.8 Å². The zero-order valence-corrected chi connectivity index (χ0v) is 16.1. The fourth-order valence-corrected chi connectivity index (χ4v) is 2.83. The van der Waals surface area contributed by atoms with Crippen LogP contribution in [0.2, 0.25) is 0 Å². The summed E-state index contributed by atoms with van der Waals surface area (Å²) in [5.74, 6) is 1.75. The summed E-state index contributed by atoms with van der Waals surface area (Å²) in [6.45, 7) is 4.90. The van der Waals surface area contributed by atoms with Gasteiger partial charge in [-0.3, -0.25) is 5.41 Å². The van der Waals surface area contributed by atoms with Crippen LogP contribution in [0.4, 0.5) is 11.8 Å². The molecular weight excluding hydrogens is 342 g/mol. The van der Waals surface area contributed by atoms with Crippen molar-refractivity contribution < 1.29 is 4.74 Å². The highest BCUT2D eigenvalue weighted by molar-refractivity contribution is 5.81. The van der Waals surface area contributed by atoms with Crippen LogP contribution < -0.4 is 15.8 Å². The van der Waals surface area contributed by atoms with Gasteiger partial charge in [-0.05, 0) is 30.5 Å². The van der Waals surface area contributed by atoms with E-state index in [0.717, 1.165) is 53.3 Å². The number of aromatic nitrogens is 2. The van der Waals surface area contributed by atoms with Crippen molar-refractivity contribution >= 4 is 17.6 Å². The second-order valence-corrected chi connectivity index (χ2v) is 6.33. The molecule has 27 heavy (non-hydrogen) atoms. The first kappa shape index (κ1) is 20.3. The van der Waals surface area contributed by atoms with Crippen molar-refractivity contribution in [2.75, 3.05) is 24.7 Å². The van der Waals surface area contributed by atoms with Crippen LogP contribution in [0.3, 0.4) is 0 Å². The van der Waals surface area contributed by atoms with E-state index < -0.39 is 0 Å². The number of hydrogen-bond acceptors (Lipinski definition) is 7. The largest absolute Gasteiger partial charge is 0.496 e. The first-order valence-corrected chi connectivity index (χ1v) is 8.96. The molecule has 0 saturated heterocycles. The van der Waals surface area contributed by atoms with Crippen molar-refractivity contribution in [3.8, 4) is 5.75 Å². The number of nitrogens with zero attached hydrogens (tertiary/aromatic N) is 3. The van der Waals surface area contributed by atoms with Crippen molar-refractivity contribution in [3.63, 3.8) is 0 Å². The molecule has 5 N–H and O–H groups in total. The molecule has 0 spiro atoms. The summed E-state index contributed by atoms with van der Waals surface area (Å²) in [7, 11) is 1.62. The Morgan fingerprint density at radius 1 is 1.33 bits per heavy atom. The molecule has 2 aromatic rings. The molecule has 1 aromatic carbocycles. The molecule has 0 radical (unpaired) electrons. The van der Waals surface area contributed by atoms with Crippen LogP contribution in [-0.2, 0) is 12.8 Å². The normalized spacial score (nSPS) is 10.5. The number of nitrogens with two attached hydrogens (primary N) is 1. The molecule has 0 bridgehead atoms. The summed E-state index contributed by atoms with van der Waals surface area (Å²) in [5.41, 5.74) is 16.4. The van der Waals surface area contributed by atoms with Gasteiger partial charge in [0.1, 0.15) is 17.4 Å². The summed E-state index contributed by atoms with van der Waals surface area (Å²) in [5, 5.41) is 14.1. The number of aryl methyl sites for hydroxylation is 1. The van der Waals surface area contributed by atoms with Crippen molar-refractivity contribution in [2.45, 2.75) is 39.5 Å². The van der Waals surface area contributed by atoms with E-state index in [4.69, 9.17) is 21.4 Å². The van der Waals surface area contributed by atoms with Gasteiger partial charge in [-0.2, -0.15) is 4.98 Å². The van der Waals surface area contributed by atoms with Crippen molar-refractivity contribution in [1.82, 2.24) is 9.97 Å². The second-order valence-electron chi connectivity index (χ2n) is 6.33. The maximum atomic E-state index is 7.56. The molecule has 0 aliphatic carbocycles. The van der Waals surface area contributed by atoms with Gasteiger partial charge in [-0.25, -0.2) is 10.5 Å². The van der Waals surface area contributed by atoms with E-state index in [2.05, 4.69) is 27.3 Å². The number of rotatable bonds is 9. The number of nitrogen functional groups attached to an aromatic ring is 1. The number of unbranched alkanes of at least 4 members (excludes halogenated alkanes) is 1. The Morgan fingerprint density at radius 3 is 2.78 bits per heavy atom. The van der Waals surface area contributed by atoms with Gasteiger partial charge in [0.25, 0.3) is 0 Å². The van der Waals surface area contributed by atoms with Crippen LogP contribution in [0.1, 0.15) is 42.1 Å². The standard InChI is InChI=1S/C19H27N7O/c1-4-5-8-23-18-15(12(2)24-19(21)25-18)11-14-7-6-13(9-16(14)27-3)10-17(20)26-22/h6-7,9,20,22H,4-5,8,10-11H2,1-3H3,(H3,21,23,24,25). The Morgan fingerprint density at radius 2 is 2.11 bits per heavy atom. The summed E-state index contributed by atoms with van der Waals surface area (Å²) in [6.07, 6.45) is 3.04. The van der Waals surface area contributed by atoms with E-state index in [-0.39, 0.29) is 11.8 Å². The lowest BCUT2D eigenvalue weighted by Gasteiger charge is -2.16. The maximum Gasteiger partial charge on any atom is 0.222 e. The molecule has 8 heteroatoms. The fourth-order valence-electron chi connectivity index (χ4n) is 2.83. The minimum atomic E-state index is 0.00925. The molecule has 0 aliphatic heterocycles. The summed E-state index contributed by atoms with van der Waals surface area (Å²) in [4.78, 5) is 8.69. The number of hydrogen-bond donors (Lipinski definition) is 4. The van der Waals surface area contributed by atoms with Crippen LogP contribution in [-0.4, -0.2) is 29.5 Å². The molecule has 0 unspecified atom stereocenters. The second kappa shape index (κ2) is 9.61. The van der Waals surface area contributed by atoms with Gasteiger partial charge in [0.2, 0.25) is 5.95 Å². The molecule has 2 rings (SSSR count). The van der Waals surface area contributed by atoms with Gasteiger partial charge in [-0.15, -0.1) is 5.11 Å². The van der Waals surface area contributed by atoms with Crippen LogP contribution in [0.25, 0.3) is 0 Å². The zero-order chi connectivity index (χ0) is 19.8. The topological polar surface area (TPSA) is 133 Å². The minimum absolute atomic E-state index is 0.00925. The lowest BCUT2D eigenvalue weighted by atomic mass is 10.00. The van der Waals surface area contributed by atoms with Gasteiger partial charge in [0, 0.05) is 30.6 Å². The van der Waals surface area contributed by atoms with E-state index in [0.29, 0.717) is 12.8 Å². The van der Waals surface area contributed by atoms with Crippen LogP contribution >= 0.6 is 0 Å². The first-order valence-electron chi connectivity index (χ1n) is 8.96. The molecular formula is C19H27N7O. The van der Waals surface area contributed by atoms with Crippen LogP contribution in [0.15, 0.2) is 23.3 Å². The number of amidine groups is 1. The maximum absolute atomic E-state index is 7.56. The molecule has 0 fully saturated rings. The number of nitrogens with one attached hydrogen (secondary N) is 3. The van der Waals surface area contributed by atoms with Crippen molar-refractivity contribution in [1.29, 1.82) is 10.9 Å². The van der Waals surface area contributed by atoms with Gasteiger partial charge >= 0.3 is 0 Å². The Kier molecular flexibility index (Phi) is 7.22. The summed E-state index contributed by atoms with van der Waals surface area (Å²) < 4.78 is 5.54. The highest BCUT2D eigenvalue weighted by Gasteiger charge is 2.14. The predicted octanol–water partition coefficient (Wildman–Crippen LogP) is 3.73. The van der Waals surface area contributed by atoms with E-state index in [1.54, 1.807) is 7.11 Å². The predicted molar refractivity (Wildman–Crippen MR) is 107 cm³/mol. The highest BCUT2D eigenvalue weighted by atomic mass is 16.5. The molecule has 1 heterocycles. The highest BCUT2D eigenvalue weighted by Crippen LogP contribution is 2.27. The van der Waals surface area contributed by atoms with Gasteiger partial charge in [-0.1, -0.05) is 25.5 Å². The fraction of sp³-hybridized carbons (Fsp3) is 0.421. The minimum Gasteiger partial charge on any atom is -0.496 e. The van der Waals surface area contributed by atoms with Gasteiger partial charge in [0.15, 0.2) is 0 Å². The Labute approximate surface area is 159 Å². The summed E-state index contributed by atoms with van der Waals surface area (Å²) in [6, 6.07) is 5.78. The van der Waals surface area contributed by atoms with Crippen molar-refractivity contribution in [2.24, 2.45) is 5.11 Å². The van der Waals surface area contributed by atoms with E-state index in [9.17, 15) is 0 Å². The third-order valence-corrected chi connectivity index (χ3v) is 4.28. The number of methoxy groups -OCH3 is 1. The molecule has 0 aliphatic rings. The molecule has 8 nitrogen and oxygen atoms in total. The van der Waals surface area contributed by atoms with E-state index in [1.807, 2.05) is 25.1 Å². The molecule has 144 valence electrons. The lowest BCUT2D eigenvalue weighted by Crippen LogP contribution is -2.11. The lowest BCUT2D eigenvalue weighted by molar-refractivity contribution is 0.410. The Balaban J connectivity index is 2.32. The molecule has 0 atom stereocenters. The number of ether oxygens (including phenoxy) is 1. The zero-order valence-electron chi connectivity index (χ0n) is 16.1. The van der Waals surface area contributed by atoms with Crippen molar-refractivity contribution in [3.05, 3.63) is 40.6 Å². The summed E-state index contributed by atoms with van der Waals surface area (Å²) >= 11 is 0. The third-order valence-electron chi connectivity index (χ3n) is 4.28. The monoisotopic (exact) mass is 369 g/mol. The molecule has 0 amide bonds. The third kappa shape index (κ3) is 5.47. The first-order chi connectivity index (χ1) is 13.0. The number of benzene rings is 1. The Bertz CT molecular complexity index is 820. The van der Waals surface area contributed by atoms with E-state index >= 15 is 0 Å². The van der Waals surface area contributed by atoms with E-state index in [1.165, 1.54) is 0 Å². The Hall–Kier alpha value is -3.03. The molecule has 0 saturated carbocycles. The van der Waals surface area contributed by atoms with Crippen LogP contribution in [0, 0.1) is 17.9 Å². The molecule has 1 aromatic heterocycles. The SMILES string of the molecule is CCCCNc1nc(N)nc(C)c1Cc1ccc(CC(=N)N=N)cc1OC. The number of anilines is 2. The van der Waals surface area contributed by atoms with Gasteiger partial charge in [0.05, 0.1) is 7.11 Å².